The van der Waals surface area contributed by atoms with Gasteiger partial charge in [-0.3, -0.25) is 4.79 Å². The standard InChI is InChI=1S/C9H14N4OS/c1-6-7(5-10-13(2)3)8(14)12-9(11-6)15-4/h5H,1-4H3,(H,11,12,14). The van der Waals surface area contributed by atoms with Gasteiger partial charge in [-0.25, -0.2) is 4.98 Å². The molecular weight excluding hydrogens is 212 g/mol. The summed E-state index contributed by atoms with van der Waals surface area (Å²) in [4.78, 5) is 18.5. The van der Waals surface area contributed by atoms with E-state index in [1.165, 1.54) is 18.0 Å². The molecule has 0 aliphatic rings. The minimum atomic E-state index is -0.155. The average Bonchev–Trinajstić information content (AvgIpc) is 2.15. The van der Waals surface area contributed by atoms with E-state index in [4.69, 9.17) is 0 Å². The Labute approximate surface area is 92.6 Å². The molecule has 15 heavy (non-hydrogen) atoms. The van der Waals surface area contributed by atoms with Gasteiger partial charge in [0.2, 0.25) is 0 Å². The molecule has 0 amide bonds. The summed E-state index contributed by atoms with van der Waals surface area (Å²) in [6.07, 6.45) is 3.39. The number of H-pyrrole nitrogens is 1. The predicted molar refractivity (Wildman–Crippen MR) is 62.7 cm³/mol. The molecular formula is C9H14N4OS. The monoisotopic (exact) mass is 226 g/mol. The summed E-state index contributed by atoms with van der Waals surface area (Å²) >= 11 is 1.41. The maximum Gasteiger partial charge on any atom is 0.260 e. The molecule has 0 saturated heterocycles. The first-order valence-electron chi connectivity index (χ1n) is 4.41. The van der Waals surface area contributed by atoms with Gasteiger partial charge < -0.3 is 9.99 Å². The molecule has 1 rings (SSSR count). The zero-order chi connectivity index (χ0) is 11.4. The third kappa shape index (κ3) is 3.09. The van der Waals surface area contributed by atoms with E-state index in [-0.39, 0.29) is 5.56 Å². The summed E-state index contributed by atoms with van der Waals surface area (Å²) < 4.78 is 0. The summed E-state index contributed by atoms with van der Waals surface area (Å²) in [7, 11) is 3.59. The first-order valence-corrected chi connectivity index (χ1v) is 5.63. The highest BCUT2D eigenvalue weighted by molar-refractivity contribution is 7.98. The van der Waals surface area contributed by atoms with Gasteiger partial charge in [0.25, 0.3) is 5.56 Å². The number of hydrazone groups is 1. The van der Waals surface area contributed by atoms with Crippen LogP contribution in [-0.4, -0.2) is 41.5 Å². The zero-order valence-electron chi connectivity index (χ0n) is 9.24. The molecule has 1 aromatic rings. The second-order valence-corrected chi connectivity index (χ2v) is 3.96. The van der Waals surface area contributed by atoms with Gasteiger partial charge in [0.15, 0.2) is 5.16 Å². The third-order valence-corrected chi connectivity index (χ3v) is 2.32. The van der Waals surface area contributed by atoms with Crippen molar-refractivity contribution in [2.45, 2.75) is 12.1 Å². The smallest absolute Gasteiger partial charge is 0.260 e. The minimum absolute atomic E-state index is 0.155. The van der Waals surface area contributed by atoms with E-state index in [0.717, 1.165) is 0 Å². The molecule has 5 nitrogen and oxygen atoms in total. The quantitative estimate of drug-likeness (QED) is 0.356. The van der Waals surface area contributed by atoms with Crippen LogP contribution in [0.25, 0.3) is 0 Å². The fourth-order valence-electron chi connectivity index (χ4n) is 0.991. The number of aromatic nitrogens is 2. The molecule has 0 spiro atoms. The van der Waals surface area contributed by atoms with Crippen molar-refractivity contribution in [3.63, 3.8) is 0 Å². The number of hydrogen-bond acceptors (Lipinski definition) is 5. The number of rotatable bonds is 3. The van der Waals surface area contributed by atoms with Crippen molar-refractivity contribution in [3.05, 3.63) is 21.6 Å². The van der Waals surface area contributed by atoms with Gasteiger partial charge in [-0.1, -0.05) is 11.8 Å². The van der Waals surface area contributed by atoms with Gasteiger partial charge in [-0.15, -0.1) is 0 Å². The van der Waals surface area contributed by atoms with Crippen molar-refractivity contribution in [2.24, 2.45) is 5.10 Å². The van der Waals surface area contributed by atoms with Crippen molar-refractivity contribution in [1.29, 1.82) is 0 Å². The largest absolute Gasteiger partial charge is 0.303 e. The van der Waals surface area contributed by atoms with Crippen LogP contribution in [0.15, 0.2) is 15.1 Å². The molecule has 0 aliphatic carbocycles. The van der Waals surface area contributed by atoms with Gasteiger partial charge in [0.05, 0.1) is 17.5 Å². The van der Waals surface area contributed by atoms with Crippen LogP contribution in [0.5, 0.6) is 0 Å². The van der Waals surface area contributed by atoms with Gasteiger partial charge in [0, 0.05) is 14.1 Å². The Morgan fingerprint density at radius 3 is 2.67 bits per heavy atom. The van der Waals surface area contributed by atoms with E-state index >= 15 is 0 Å². The first kappa shape index (κ1) is 11.8. The lowest BCUT2D eigenvalue weighted by atomic mass is 10.2. The Morgan fingerprint density at radius 1 is 1.53 bits per heavy atom. The molecule has 0 radical (unpaired) electrons. The molecule has 0 unspecified atom stereocenters. The van der Waals surface area contributed by atoms with Gasteiger partial charge >= 0.3 is 0 Å². The van der Waals surface area contributed by atoms with E-state index in [2.05, 4.69) is 15.1 Å². The second kappa shape index (κ2) is 4.97. The number of nitrogens with one attached hydrogen (secondary N) is 1. The summed E-state index contributed by atoms with van der Waals surface area (Å²) in [5.74, 6) is 0. The van der Waals surface area contributed by atoms with E-state index in [1.54, 1.807) is 26.0 Å². The van der Waals surface area contributed by atoms with E-state index < -0.39 is 0 Å². The molecule has 0 aliphatic heterocycles. The van der Waals surface area contributed by atoms with Crippen molar-refractivity contribution in [1.82, 2.24) is 15.0 Å². The fourth-order valence-corrected chi connectivity index (χ4v) is 1.41. The van der Waals surface area contributed by atoms with Crippen LogP contribution in [0.3, 0.4) is 0 Å². The Kier molecular flexibility index (Phi) is 3.90. The number of aryl methyl sites for hydroxylation is 1. The summed E-state index contributed by atoms with van der Waals surface area (Å²) in [5, 5.41) is 6.26. The fraction of sp³-hybridized carbons (Fsp3) is 0.444. The Morgan fingerprint density at radius 2 is 2.20 bits per heavy atom. The highest BCUT2D eigenvalue weighted by Gasteiger charge is 2.05. The van der Waals surface area contributed by atoms with Crippen LogP contribution >= 0.6 is 11.8 Å². The zero-order valence-corrected chi connectivity index (χ0v) is 10.1. The molecule has 1 aromatic heterocycles. The Hall–Kier alpha value is -1.30. The number of thioether (sulfide) groups is 1. The minimum Gasteiger partial charge on any atom is -0.303 e. The number of hydrogen-bond donors (Lipinski definition) is 1. The van der Waals surface area contributed by atoms with Gasteiger partial charge in [-0.2, -0.15) is 5.10 Å². The van der Waals surface area contributed by atoms with Crippen LogP contribution in [0, 0.1) is 6.92 Å². The molecule has 1 N–H and O–H groups in total. The Bertz CT molecular complexity index is 425. The van der Waals surface area contributed by atoms with E-state index in [9.17, 15) is 4.79 Å². The normalized spacial score (nSPS) is 10.9. The summed E-state index contributed by atoms with van der Waals surface area (Å²) in [6, 6.07) is 0. The molecule has 6 heteroatoms. The molecule has 0 atom stereocenters. The lowest BCUT2D eigenvalue weighted by Crippen LogP contribution is -2.17. The van der Waals surface area contributed by atoms with Gasteiger partial charge in [0.1, 0.15) is 0 Å². The highest BCUT2D eigenvalue weighted by atomic mass is 32.2. The van der Waals surface area contributed by atoms with E-state index in [0.29, 0.717) is 16.4 Å². The van der Waals surface area contributed by atoms with Crippen LogP contribution in [-0.2, 0) is 0 Å². The maximum absolute atomic E-state index is 11.6. The molecule has 82 valence electrons. The lowest BCUT2D eigenvalue weighted by Gasteiger charge is -2.04. The Balaban J connectivity index is 3.15. The third-order valence-electron chi connectivity index (χ3n) is 1.74. The maximum atomic E-state index is 11.6. The number of aromatic amines is 1. The topological polar surface area (TPSA) is 61.4 Å². The predicted octanol–water partition coefficient (Wildman–Crippen LogP) is 0.696. The molecule has 0 aromatic carbocycles. The SMILES string of the molecule is CSc1nc(C)c(C=NN(C)C)c(=O)[nH]1. The van der Waals surface area contributed by atoms with Crippen LogP contribution in [0.4, 0.5) is 0 Å². The molecule has 0 saturated carbocycles. The molecule has 0 bridgehead atoms. The van der Waals surface area contributed by atoms with E-state index in [1.807, 2.05) is 6.26 Å². The summed E-state index contributed by atoms with van der Waals surface area (Å²) in [6.45, 7) is 1.80. The van der Waals surface area contributed by atoms with Crippen molar-refractivity contribution in [2.75, 3.05) is 20.4 Å². The molecule has 0 fully saturated rings. The van der Waals surface area contributed by atoms with Crippen LogP contribution < -0.4 is 5.56 Å². The van der Waals surface area contributed by atoms with Crippen LogP contribution in [0.1, 0.15) is 11.3 Å². The summed E-state index contributed by atoms with van der Waals surface area (Å²) in [5.41, 5.74) is 1.03. The van der Waals surface area contributed by atoms with Crippen LogP contribution in [0.2, 0.25) is 0 Å². The average molecular weight is 226 g/mol. The first-order chi connectivity index (χ1) is 7.04. The lowest BCUT2D eigenvalue weighted by molar-refractivity contribution is 0.440. The number of nitrogens with zero attached hydrogens (tertiary/aromatic N) is 3. The van der Waals surface area contributed by atoms with Crippen molar-refractivity contribution >= 4 is 18.0 Å². The molecule has 1 heterocycles. The van der Waals surface area contributed by atoms with Gasteiger partial charge in [-0.05, 0) is 13.2 Å². The highest BCUT2D eigenvalue weighted by Crippen LogP contribution is 2.06. The van der Waals surface area contributed by atoms with Crippen molar-refractivity contribution in [3.8, 4) is 0 Å². The second-order valence-electron chi connectivity index (χ2n) is 3.17. The van der Waals surface area contributed by atoms with Crippen molar-refractivity contribution < 1.29 is 0 Å².